The lowest BCUT2D eigenvalue weighted by Crippen LogP contribution is -2.44. The second-order valence-corrected chi connectivity index (χ2v) is 8.79. The number of hydrogen-bond acceptors (Lipinski definition) is 6. The fraction of sp³-hybridized carbons (Fsp3) is 0.300. The number of likely N-dealkylation sites (N-methyl/N-ethyl adjacent to an activating group) is 1. The van der Waals surface area contributed by atoms with Crippen molar-refractivity contribution in [3.63, 3.8) is 0 Å². The Balaban J connectivity index is 1.76. The molecule has 5 rings (SSSR count). The highest BCUT2D eigenvalue weighted by Gasteiger charge is 2.29. The summed E-state index contributed by atoms with van der Waals surface area (Å²) in [7, 11) is 3.82. The first-order chi connectivity index (χ1) is 13.4. The third-order valence-electron chi connectivity index (χ3n) is 5.32. The van der Waals surface area contributed by atoms with Gasteiger partial charge in [-0.2, -0.15) is 4.98 Å². The molecule has 144 valence electrons. The fourth-order valence-electron chi connectivity index (χ4n) is 4.00. The first-order valence-electron chi connectivity index (χ1n) is 9.05. The summed E-state index contributed by atoms with van der Waals surface area (Å²) in [6.07, 6.45) is 2.15. The Morgan fingerprint density at radius 3 is 2.75 bits per heavy atom. The lowest BCUT2D eigenvalue weighted by molar-refractivity contribution is 0.144. The van der Waals surface area contributed by atoms with E-state index in [0.29, 0.717) is 11.9 Å². The largest absolute Gasteiger partial charge is 0.495 e. The van der Waals surface area contributed by atoms with Crippen LogP contribution in [0.15, 0.2) is 24.4 Å². The zero-order chi connectivity index (χ0) is 19.6. The summed E-state index contributed by atoms with van der Waals surface area (Å²) >= 11 is 7.82. The van der Waals surface area contributed by atoms with E-state index in [1.54, 1.807) is 18.4 Å². The van der Waals surface area contributed by atoms with Crippen LogP contribution in [0, 0.1) is 6.92 Å². The van der Waals surface area contributed by atoms with Gasteiger partial charge in [0.1, 0.15) is 17.2 Å². The number of hydrogen-bond donors (Lipinski definition) is 1. The molecule has 4 aromatic rings. The molecule has 1 aliphatic heterocycles. The molecule has 0 radical (unpaired) electrons. The van der Waals surface area contributed by atoms with Gasteiger partial charge >= 0.3 is 0 Å². The molecule has 2 N–H and O–H groups in total. The molecule has 0 unspecified atom stereocenters. The lowest BCUT2D eigenvalue weighted by Gasteiger charge is -2.37. The third kappa shape index (κ3) is 2.65. The number of nitrogens with two attached hydrogens (primary N) is 1. The third-order valence-corrected chi connectivity index (χ3v) is 6.69. The molecule has 3 aromatic heterocycles. The van der Waals surface area contributed by atoms with Crippen LogP contribution in [-0.2, 0) is 0 Å². The van der Waals surface area contributed by atoms with Gasteiger partial charge in [0, 0.05) is 29.7 Å². The number of halogens is 1. The Kier molecular flexibility index (Phi) is 4.01. The highest BCUT2D eigenvalue weighted by atomic mass is 35.5. The minimum absolute atomic E-state index is 0.178. The average Bonchev–Trinajstić information content (AvgIpc) is 3.19. The number of aromatic nitrogens is 3. The zero-order valence-electron chi connectivity index (χ0n) is 15.9. The van der Waals surface area contributed by atoms with E-state index in [1.807, 2.05) is 0 Å². The van der Waals surface area contributed by atoms with E-state index < -0.39 is 0 Å². The Bertz CT molecular complexity index is 1220. The van der Waals surface area contributed by atoms with Crippen LogP contribution in [0.2, 0.25) is 5.28 Å². The van der Waals surface area contributed by atoms with Gasteiger partial charge < -0.3 is 19.9 Å². The highest BCUT2D eigenvalue weighted by Crippen LogP contribution is 2.44. The van der Waals surface area contributed by atoms with E-state index in [1.165, 1.54) is 5.56 Å². The van der Waals surface area contributed by atoms with Crippen molar-refractivity contribution < 1.29 is 4.74 Å². The second-order valence-electron chi connectivity index (χ2n) is 7.40. The van der Waals surface area contributed by atoms with Gasteiger partial charge in [-0.3, -0.25) is 0 Å². The molecule has 1 saturated heterocycles. The maximum Gasteiger partial charge on any atom is 0.226 e. The Morgan fingerprint density at radius 2 is 2.04 bits per heavy atom. The molecule has 0 atom stereocenters. The summed E-state index contributed by atoms with van der Waals surface area (Å²) in [6, 6.07) is 6.79. The van der Waals surface area contributed by atoms with E-state index in [4.69, 9.17) is 22.1 Å². The summed E-state index contributed by atoms with van der Waals surface area (Å²) < 4.78 is 8.92. The quantitative estimate of drug-likeness (QED) is 0.505. The number of nitrogen functional groups attached to an aromatic ring is 1. The SMILES string of the molecule is COc1cc(C)cc2cc(-c3cn(C4CN(C)C4)c4nc(Cl)nc(N)c34)sc12. The van der Waals surface area contributed by atoms with Gasteiger partial charge in [-0.15, -0.1) is 11.3 Å². The Morgan fingerprint density at radius 1 is 1.25 bits per heavy atom. The molecular formula is C20H20ClN5OS. The average molecular weight is 414 g/mol. The second kappa shape index (κ2) is 6.34. The summed E-state index contributed by atoms with van der Waals surface area (Å²) in [6.45, 7) is 4.03. The molecule has 8 heteroatoms. The van der Waals surface area contributed by atoms with Gasteiger partial charge in [0.15, 0.2) is 0 Å². The lowest BCUT2D eigenvalue weighted by atomic mass is 10.1. The highest BCUT2D eigenvalue weighted by molar-refractivity contribution is 7.22. The van der Waals surface area contributed by atoms with Crippen LogP contribution < -0.4 is 10.5 Å². The topological polar surface area (TPSA) is 69.2 Å². The van der Waals surface area contributed by atoms with Gasteiger partial charge in [-0.05, 0) is 48.7 Å². The summed E-state index contributed by atoms with van der Waals surface area (Å²) in [5.41, 5.74) is 9.30. The van der Waals surface area contributed by atoms with Crippen LogP contribution >= 0.6 is 22.9 Å². The van der Waals surface area contributed by atoms with Crippen molar-refractivity contribution in [2.45, 2.75) is 13.0 Å². The van der Waals surface area contributed by atoms with Crippen LogP contribution in [0.25, 0.3) is 31.6 Å². The Hall–Kier alpha value is -2.35. The van der Waals surface area contributed by atoms with Gasteiger partial charge in [-0.1, -0.05) is 6.07 Å². The van der Waals surface area contributed by atoms with Crippen LogP contribution in [0.5, 0.6) is 5.75 Å². The molecule has 1 aromatic carbocycles. The molecule has 0 spiro atoms. The van der Waals surface area contributed by atoms with Crippen molar-refractivity contribution in [1.82, 2.24) is 19.4 Å². The van der Waals surface area contributed by atoms with E-state index in [2.05, 4.69) is 57.8 Å². The normalized spacial score (nSPS) is 15.4. The summed E-state index contributed by atoms with van der Waals surface area (Å²) in [5, 5.41) is 2.20. The first-order valence-corrected chi connectivity index (χ1v) is 10.2. The van der Waals surface area contributed by atoms with Crippen molar-refractivity contribution in [2.75, 3.05) is 33.0 Å². The molecule has 0 bridgehead atoms. The first kappa shape index (κ1) is 17.7. The molecule has 0 saturated carbocycles. The van der Waals surface area contributed by atoms with Gasteiger partial charge in [0.25, 0.3) is 0 Å². The van der Waals surface area contributed by atoms with Gasteiger partial charge in [0.05, 0.1) is 23.2 Å². The number of ether oxygens (including phenoxy) is 1. The molecule has 6 nitrogen and oxygen atoms in total. The van der Waals surface area contributed by atoms with E-state index in [-0.39, 0.29) is 5.28 Å². The molecule has 1 fully saturated rings. The standard InChI is InChI=1S/C20H20ClN5OS/c1-10-4-11-6-15(28-17(11)14(5-10)27-3)13-9-26(12-7-25(2)8-12)19-16(13)18(22)23-20(21)24-19/h4-6,9,12H,7-8H2,1-3H3,(H2,22,23,24). The molecule has 28 heavy (non-hydrogen) atoms. The van der Waals surface area contributed by atoms with Gasteiger partial charge in [0.2, 0.25) is 5.28 Å². The molecule has 4 heterocycles. The number of anilines is 1. The van der Waals surface area contributed by atoms with Gasteiger partial charge in [-0.25, -0.2) is 4.98 Å². The number of likely N-dealkylation sites (tertiary alicyclic amines) is 1. The maximum absolute atomic E-state index is 6.29. The van der Waals surface area contributed by atoms with Crippen LogP contribution in [0.1, 0.15) is 11.6 Å². The molecule has 0 aliphatic carbocycles. The van der Waals surface area contributed by atoms with E-state index in [9.17, 15) is 0 Å². The maximum atomic E-state index is 6.29. The zero-order valence-corrected chi connectivity index (χ0v) is 17.4. The smallest absolute Gasteiger partial charge is 0.226 e. The number of fused-ring (bicyclic) bond motifs is 2. The summed E-state index contributed by atoms with van der Waals surface area (Å²) in [4.78, 5) is 12.1. The van der Waals surface area contributed by atoms with Crippen LogP contribution in [0.4, 0.5) is 5.82 Å². The summed E-state index contributed by atoms with van der Waals surface area (Å²) in [5.74, 6) is 1.31. The minimum atomic E-state index is 0.178. The van der Waals surface area contributed by atoms with Crippen molar-refractivity contribution in [3.8, 4) is 16.2 Å². The number of thiophene rings is 1. The van der Waals surface area contributed by atoms with Crippen molar-refractivity contribution in [3.05, 3.63) is 35.2 Å². The fourth-order valence-corrected chi connectivity index (χ4v) is 5.32. The number of nitrogens with zero attached hydrogens (tertiary/aromatic N) is 4. The number of rotatable bonds is 3. The number of aryl methyl sites for hydroxylation is 1. The number of benzene rings is 1. The van der Waals surface area contributed by atoms with Crippen LogP contribution in [0.3, 0.4) is 0 Å². The Labute approximate surface area is 171 Å². The molecular weight excluding hydrogens is 394 g/mol. The van der Waals surface area contributed by atoms with Crippen molar-refractivity contribution >= 4 is 49.9 Å². The predicted octanol–water partition coefficient (Wildman–Crippen LogP) is 4.35. The molecule has 1 aliphatic rings. The van der Waals surface area contributed by atoms with Crippen LogP contribution in [-0.4, -0.2) is 46.7 Å². The van der Waals surface area contributed by atoms with E-state index >= 15 is 0 Å². The number of methoxy groups -OCH3 is 1. The minimum Gasteiger partial charge on any atom is -0.495 e. The molecule has 0 amide bonds. The predicted molar refractivity (Wildman–Crippen MR) is 116 cm³/mol. The monoisotopic (exact) mass is 413 g/mol. The van der Waals surface area contributed by atoms with E-state index in [0.717, 1.165) is 50.4 Å². The van der Waals surface area contributed by atoms with Crippen molar-refractivity contribution in [1.29, 1.82) is 0 Å². The van der Waals surface area contributed by atoms with Crippen molar-refractivity contribution in [2.24, 2.45) is 0 Å².